The van der Waals surface area contributed by atoms with Crippen molar-refractivity contribution in [2.45, 2.75) is 25.9 Å². The summed E-state index contributed by atoms with van der Waals surface area (Å²) in [6.07, 6.45) is 0.767. The lowest BCUT2D eigenvalue weighted by atomic mass is 10.1. The molecule has 0 aliphatic rings. The third-order valence-corrected chi connectivity index (χ3v) is 2.65. The summed E-state index contributed by atoms with van der Waals surface area (Å²) in [6.45, 7) is 4.52. The molecule has 0 spiro atoms. The van der Waals surface area contributed by atoms with Crippen LogP contribution in [-0.2, 0) is 4.74 Å². The zero-order chi connectivity index (χ0) is 12.9. The van der Waals surface area contributed by atoms with Crippen molar-refractivity contribution in [3.05, 3.63) is 23.8 Å². The van der Waals surface area contributed by atoms with Crippen LogP contribution in [0.2, 0.25) is 0 Å². The Hall–Kier alpha value is -1.73. The van der Waals surface area contributed by atoms with Gasteiger partial charge in [0.25, 0.3) is 0 Å². The normalized spacial score (nSPS) is 10.9. The predicted molar refractivity (Wildman–Crippen MR) is 66.8 cm³/mol. The molecule has 0 bridgehead atoms. The molecule has 0 aliphatic heterocycles. The van der Waals surface area contributed by atoms with Crippen LogP contribution in [0.1, 0.15) is 25.8 Å². The van der Waals surface area contributed by atoms with Gasteiger partial charge in [-0.3, -0.25) is 0 Å². The predicted octanol–water partition coefficient (Wildman–Crippen LogP) is 2.33. The van der Waals surface area contributed by atoms with E-state index >= 15 is 0 Å². The smallest absolute Gasteiger partial charge is 0.142 e. The lowest BCUT2D eigenvalue weighted by Gasteiger charge is -2.22. The Morgan fingerprint density at radius 3 is 2.65 bits per heavy atom. The van der Waals surface area contributed by atoms with E-state index in [9.17, 15) is 0 Å². The highest BCUT2D eigenvalue weighted by Crippen LogP contribution is 2.23. The van der Waals surface area contributed by atoms with E-state index in [4.69, 9.17) is 20.5 Å². The molecule has 4 heteroatoms. The summed E-state index contributed by atoms with van der Waals surface area (Å²) < 4.78 is 10.8. The van der Waals surface area contributed by atoms with E-state index in [2.05, 4.69) is 0 Å². The minimum Gasteiger partial charge on any atom is -0.491 e. The Labute approximate surface area is 102 Å². The molecule has 1 aromatic rings. The number of anilines is 1. The number of benzene rings is 1. The number of hydrogen-bond acceptors (Lipinski definition) is 4. The molecule has 17 heavy (non-hydrogen) atoms. The highest BCUT2D eigenvalue weighted by Gasteiger charge is 2.16. The number of hydrogen-bond donors (Lipinski definition) is 1. The van der Waals surface area contributed by atoms with Gasteiger partial charge in [-0.25, -0.2) is 0 Å². The maximum Gasteiger partial charge on any atom is 0.142 e. The van der Waals surface area contributed by atoms with Gasteiger partial charge >= 0.3 is 0 Å². The van der Waals surface area contributed by atoms with Gasteiger partial charge in [-0.05, 0) is 32.0 Å². The van der Waals surface area contributed by atoms with Gasteiger partial charge in [0, 0.05) is 13.5 Å². The standard InChI is InChI=1S/C13H18N2O2/c1-13(2,16-3)6-7-17-12-5-4-10(9-14)8-11(12)15/h4-5,8H,6-7,15H2,1-3H3. The maximum absolute atomic E-state index is 8.70. The van der Waals surface area contributed by atoms with Gasteiger partial charge in [0.05, 0.1) is 29.5 Å². The Balaban J connectivity index is 2.56. The minimum atomic E-state index is -0.207. The number of nitriles is 1. The molecule has 4 nitrogen and oxygen atoms in total. The molecule has 1 aromatic carbocycles. The number of ether oxygens (including phenoxy) is 2. The van der Waals surface area contributed by atoms with Gasteiger partial charge in [0.1, 0.15) is 5.75 Å². The monoisotopic (exact) mass is 234 g/mol. The zero-order valence-electron chi connectivity index (χ0n) is 10.5. The summed E-state index contributed by atoms with van der Waals surface area (Å²) in [7, 11) is 1.68. The second kappa shape index (κ2) is 5.55. The van der Waals surface area contributed by atoms with Gasteiger partial charge in [0.15, 0.2) is 0 Å². The van der Waals surface area contributed by atoms with E-state index in [1.165, 1.54) is 0 Å². The van der Waals surface area contributed by atoms with Gasteiger partial charge in [-0.2, -0.15) is 5.26 Å². The van der Waals surface area contributed by atoms with Crippen LogP contribution in [0.15, 0.2) is 18.2 Å². The van der Waals surface area contributed by atoms with Crippen molar-refractivity contribution in [3.8, 4) is 11.8 Å². The topological polar surface area (TPSA) is 68.3 Å². The van der Waals surface area contributed by atoms with Crippen LogP contribution in [0.3, 0.4) is 0 Å². The maximum atomic E-state index is 8.70. The summed E-state index contributed by atoms with van der Waals surface area (Å²) in [5.41, 5.74) is 6.58. The molecule has 0 amide bonds. The van der Waals surface area contributed by atoms with Crippen molar-refractivity contribution < 1.29 is 9.47 Å². The molecule has 2 N–H and O–H groups in total. The lowest BCUT2D eigenvalue weighted by Crippen LogP contribution is -2.25. The van der Waals surface area contributed by atoms with E-state index in [-0.39, 0.29) is 5.60 Å². The van der Waals surface area contributed by atoms with Crippen LogP contribution >= 0.6 is 0 Å². The van der Waals surface area contributed by atoms with E-state index in [1.807, 2.05) is 19.9 Å². The van der Waals surface area contributed by atoms with Crippen molar-refractivity contribution >= 4 is 5.69 Å². The second-order valence-electron chi connectivity index (χ2n) is 4.43. The molecule has 0 atom stereocenters. The summed E-state index contributed by atoms with van der Waals surface area (Å²) in [5.74, 6) is 0.607. The van der Waals surface area contributed by atoms with E-state index in [1.54, 1.807) is 25.3 Å². The van der Waals surface area contributed by atoms with Crippen LogP contribution in [-0.4, -0.2) is 19.3 Å². The molecule has 0 unspecified atom stereocenters. The summed E-state index contributed by atoms with van der Waals surface area (Å²) in [4.78, 5) is 0. The fraction of sp³-hybridized carbons (Fsp3) is 0.462. The highest BCUT2D eigenvalue weighted by molar-refractivity contribution is 5.56. The van der Waals surface area contributed by atoms with E-state index in [0.717, 1.165) is 6.42 Å². The van der Waals surface area contributed by atoms with Crippen LogP contribution in [0.25, 0.3) is 0 Å². The van der Waals surface area contributed by atoms with Crippen LogP contribution in [0.5, 0.6) is 5.75 Å². The first-order valence-corrected chi connectivity index (χ1v) is 5.46. The first-order valence-electron chi connectivity index (χ1n) is 5.46. The van der Waals surface area contributed by atoms with Gasteiger partial charge in [-0.1, -0.05) is 0 Å². The Bertz CT molecular complexity index is 422. The quantitative estimate of drug-likeness (QED) is 0.794. The van der Waals surface area contributed by atoms with Crippen molar-refractivity contribution in [2.75, 3.05) is 19.5 Å². The molecule has 0 saturated carbocycles. The molecule has 1 rings (SSSR count). The molecule has 0 heterocycles. The number of nitrogens with two attached hydrogens (primary N) is 1. The number of nitrogens with zero attached hydrogens (tertiary/aromatic N) is 1. The first-order chi connectivity index (χ1) is 7.98. The average molecular weight is 234 g/mol. The molecular weight excluding hydrogens is 216 g/mol. The largest absolute Gasteiger partial charge is 0.491 e. The van der Waals surface area contributed by atoms with Crippen LogP contribution in [0.4, 0.5) is 5.69 Å². The molecule has 0 fully saturated rings. The number of methoxy groups -OCH3 is 1. The first kappa shape index (κ1) is 13.3. The Morgan fingerprint density at radius 2 is 2.12 bits per heavy atom. The average Bonchev–Trinajstić information content (AvgIpc) is 2.31. The zero-order valence-corrected chi connectivity index (χ0v) is 10.5. The van der Waals surface area contributed by atoms with Gasteiger partial charge in [0.2, 0.25) is 0 Å². The van der Waals surface area contributed by atoms with Crippen molar-refractivity contribution in [1.29, 1.82) is 5.26 Å². The highest BCUT2D eigenvalue weighted by atomic mass is 16.5. The molecule has 92 valence electrons. The summed E-state index contributed by atoms with van der Waals surface area (Å²) >= 11 is 0. The third kappa shape index (κ3) is 3.97. The lowest BCUT2D eigenvalue weighted by molar-refractivity contribution is 0.00551. The fourth-order valence-corrected chi connectivity index (χ4v) is 1.26. The second-order valence-corrected chi connectivity index (χ2v) is 4.43. The molecule has 0 aliphatic carbocycles. The number of nitrogen functional groups attached to an aromatic ring is 1. The van der Waals surface area contributed by atoms with Crippen LogP contribution < -0.4 is 10.5 Å². The fourth-order valence-electron chi connectivity index (χ4n) is 1.26. The van der Waals surface area contributed by atoms with E-state index in [0.29, 0.717) is 23.6 Å². The molecule has 0 radical (unpaired) electrons. The summed E-state index contributed by atoms with van der Waals surface area (Å²) in [5, 5.41) is 8.70. The van der Waals surface area contributed by atoms with Crippen molar-refractivity contribution in [3.63, 3.8) is 0 Å². The number of rotatable bonds is 5. The third-order valence-electron chi connectivity index (χ3n) is 2.65. The minimum absolute atomic E-state index is 0.207. The Morgan fingerprint density at radius 1 is 1.41 bits per heavy atom. The molecule has 0 saturated heterocycles. The SMILES string of the molecule is COC(C)(C)CCOc1ccc(C#N)cc1N. The van der Waals surface area contributed by atoms with Crippen molar-refractivity contribution in [2.24, 2.45) is 0 Å². The van der Waals surface area contributed by atoms with Crippen LogP contribution in [0, 0.1) is 11.3 Å². The Kier molecular flexibility index (Phi) is 4.36. The molecule has 0 aromatic heterocycles. The van der Waals surface area contributed by atoms with Gasteiger partial charge < -0.3 is 15.2 Å². The van der Waals surface area contributed by atoms with Crippen molar-refractivity contribution in [1.82, 2.24) is 0 Å². The van der Waals surface area contributed by atoms with E-state index < -0.39 is 0 Å². The van der Waals surface area contributed by atoms with Gasteiger partial charge in [-0.15, -0.1) is 0 Å². The molecular formula is C13H18N2O2. The summed E-state index contributed by atoms with van der Waals surface area (Å²) in [6, 6.07) is 7.04.